The van der Waals surface area contributed by atoms with Gasteiger partial charge in [-0.05, 0) is 18.2 Å². The number of carbonyl (C=O) groups excluding carboxylic acids is 1. The van der Waals surface area contributed by atoms with E-state index in [1.54, 1.807) is 30.3 Å². The molecule has 1 amide bonds. The molecule has 7 heteroatoms. The highest BCUT2D eigenvalue weighted by molar-refractivity contribution is 5.92. The Hall–Kier alpha value is -3.22. The highest BCUT2D eigenvalue weighted by Gasteiger charge is 2.24. The summed E-state index contributed by atoms with van der Waals surface area (Å²) in [5.74, 6) is 0.706. The number of nitrogens with zero attached hydrogens (tertiary/aromatic N) is 5. The fourth-order valence-corrected chi connectivity index (χ4v) is 3.18. The summed E-state index contributed by atoms with van der Waals surface area (Å²) >= 11 is 0. The zero-order valence-corrected chi connectivity index (χ0v) is 14.5. The van der Waals surface area contributed by atoms with Crippen LogP contribution in [-0.2, 0) is 7.05 Å². The van der Waals surface area contributed by atoms with E-state index in [1.807, 2.05) is 24.3 Å². The van der Waals surface area contributed by atoms with Gasteiger partial charge in [-0.1, -0.05) is 18.2 Å². The van der Waals surface area contributed by atoms with Crippen LogP contribution in [0.15, 0.2) is 53.5 Å². The van der Waals surface area contributed by atoms with Crippen molar-refractivity contribution >= 4 is 22.8 Å². The molecule has 0 N–H and O–H groups in total. The number of para-hydroxylation sites is 2. The molecule has 0 bridgehead atoms. The number of rotatable bonds is 2. The van der Waals surface area contributed by atoms with Gasteiger partial charge in [0.05, 0.1) is 17.2 Å². The molecule has 0 unspecified atom stereocenters. The van der Waals surface area contributed by atoms with Crippen LogP contribution in [0.3, 0.4) is 0 Å². The molecule has 1 aromatic carbocycles. The highest BCUT2D eigenvalue weighted by atomic mass is 16.2. The van der Waals surface area contributed by atoms with Crippen molar-refractivity contribution in [1.82, 2.24) is 19.4 Å². The van der Waals surface area contributed by atoms with Gasteiger partial charge in [-0.3, -0.25) is 14.6 Å². The number of hydrogen-bond acceptors (Lipinski definition) is 5. The van der Waals surface area contributed by atoms with Gasteiger partial charge in [-0.2, -0.15) is 0 Å². The normalized spacial score (nSPS) is 14.7. The molecule has 4 rings (SSSR count). The summed E-state index contributed by atoms with van der Waals surface area (Å²) in [6.07, 6.45) is 1.78. The summed E-state index contributed by atoms with van der Waals surface area (Å²) in [5.41, 5.74) is 1.97. The molecule has 0 saturated carbocycles. The standard InChI is InChI=1S/C19H19N5O2/c1-22-16(7-4-8-18(22)25)19(26)24-11-9-23(10-12-24)17-13-20-14-5-2-3-6-15(14)21-17/h2-8,13H,9-12H2,1H3. The minimum absolute atomic E-state index is 0.116. The number of anilines is 1. The van der Waals surface area contributed by atoms with Crippen LogP contribution in [0.1, 0.15) is 10.5 Å². The van der Waals surface area contributed by atoms with Crippen molar-refractivity contribution in [3.05, 3.63) is 64.7 Å². The van der Waals surface area contributed by atoms with E-state index in [0.29, 0.717) is 31.9 Å². The third-order valence-corrected chi connectivity index (χ3v) is 4.73. The van der Waals surface area contributed by atoms with Crippen molar-refractivity contribution in [2.24, 2.45) is 7.05 Å². The molecule has 0 radical (unpaired) electrons. The number of fused-ring (bicyclic) bond motifs is 1. The van der Waals surface area contributed by atoms with Crippen LogP contribution in [0.25, 0.3) is 11.0 Å². The van der Waals surface area contributed by atoms with E-state index in [9.17, 15) is 9.59 Å². The molecule has 1 aliphatic heterocycles. The van der Waals surface area contributed by atoms with Crippen molar-refractivity contribution in [3.63, 3.8) is 0 Å². The Kier molecular flexibility index (Phi) is 4.12. The lowest BCUT2D eigenvalue weighted by molar-refractivity contribution is 0.0735. The minimum atomic E-state index is -0.180. The number of pyridine rings is 1. The first-order valence-corrected chi connectivity index (χ1v) is 8.55. The maximum absolute atomic E-state index is 12.7. The number of benzene rings is 1. The lowest BCUT2D eigenvalue weighted by atomic mass is 10.2. The number of hydrogen-bond donors (Lipinski definition) is 0. The Balaban J connectivity index is 1.48. The van der Waals surface area contributed by atoms with E-state index in [2.05, 4.69) is 14.9 Å². The summed E-state index contributed by atoms with van der Waals surface area (Å²) in [6, 6.07) is 12.5. The summed E-state index contributed by atoms with van der Waals surface area (Å²) in [6.45, 7) is 2.52. The van der Waals surface area contributed by atoms with E-state index in [-0.39, 0.29) is 11.5 Å². The second-order valence-electron chi connectivity index (χ2n) is 6.30. The monoisotopic (exact) mass is 349 g/mol. The van der Waals surface area contributed by atoms with Crippen LogP contribution in [0.5, 0.6) is 0 Å². The van der Waals surface area contributed by atoms with Crippen LogP contribution < -0.4 is 10.5 Å². The van der Waals surface area contributed by atoms with E-state index in [0.717, 1.165) is 16.9 Å². The Morgan fingerprint density at radius 3 is 2.46 bits per heavy atom. The van der Waals surface area contributed by atoms with Gasteiger partial charge in [0.25, 0.3) is 11.5 Å². The molecule has 3 aromatic rings. The predicted octanol–water partition coefficient (Wildman–Crippen LogP) is 1.29. The molecule has 0 spiro atoms. The van der Waals surface area contributed by atoms with Gasteiger partial charge >= 0.3 is 0 Å². The van der Waals surface area contributed by atoms with Gasteiger partial charge in [0, 0.05) is 39.3 Å². The Morgan fingerprint density at radius 1 is 0.962 bits per heavy atom. The molecule has 26 heavy (non-hydrogen) atoms. The van der Waals surface area contributed by atoms with Crippen molar-refractivity contribution in [2.45, 2.75) is 0 Å². The molecule has 1 fully saturated rings. The average Bonchev–Trinajstić information content (AvgIpc) is 2.69. The van der Waals surface area contributed by atoms with Gasteiger partial charge in [-0.25, -0.2) is 4.98 Å². The fourth-order valence-electron chi connectivity index (χ4n) is 3.18. The Bertz CT molecular complexity index is 1020. The summed E-state index contributed by atoms with van der Waals surface area (Å²) in [5, 5.41) is 0. The van der Waals surface area contributed by atoms with Gasteiger partial charge in [-0.15, -0.1) is 0 Å². The third kappa shape index (κ3) is 2.92. The van der Waals surface area contributed by atoms with E-state index in [1.165, 1.54) is 10.6 Å². The largest absolute Gasteiger partial charge is 0.352 e. The van der Waals surface area contributed by atoms with Gasteiger partial charge < -0.3 is 14.4 Å². The van der Waals surface area contributed by atoms with Crippen molar-refractivity contribution in [2.75, 3.05) is 31.1 Å². The van der Waals surface area contributed by atoms with Crippen LogP contribution in [-0.4, -0.2) is 51.5 Å². The first-order valence-electron chi connectivity index (χ1n) is 8.55. The van der Waals surface area contributed by atoms with Crippen molar-refractivity contribution in [3.8, 4) is 0 Å². The van der Waals surface area contributed by atoms with Crippen LogP contribution in [0.4, 0.5) is 5.82 Å². The second-order valence-corrected chi connectivity index (χ2v) is 6.30. The summed E-state index contributed by atoms with van der Waals surface area (Å²) < 4.78 is 1.39. The number of amides is 1. The molecule has 1 aliphatic rings. The molecule has 2 aromatic heterocycles. The van der Waals surface area contributed by atoms with Crippen LogP contribution in [0, 0.1) is 0 Å². The van der Waals surface area contributed by atoms with Crippen molar-refractivity contribution in [1.29, 1.82) is 0 Å². The molecular formula is C19H19N5O2. The zero-order chi connectivity index (χ0) is 18.1. The first kappa shape index (κ1) is 16.3. The number of piperazine rings is 1. The van der Waals surface area contributed by atoms with Crippen LogP contribution >= 0.6 is 0 Å². The summed E-state index contributed by atoms with van der Waals surface area (Å²) in [4.78, 5) is 37.5. The second kappa shape index (κ2) is 6.59. The van der Waals surface area contributed by atoms with Gasteiger partial charge in [0.2, 0.25) is 0 Å². The number of aromatic nitrogens is 3. The van der Waals surface area contributed by atoms with E-state index >= 15 is 0 Å². The summed E-state index contributed by atoms with van der Waals surface area (Å²) in [7, 11) is 1.62. The Morgan fingerprint density at radius 2 is 1.69 bits per heavy atom. The fraction of sp³-hybridized carbons (Fsp3) is 0.263. The molecule has 1 saturated heterocycles. The highest BCUT2D eigenvalue weighted by Crippen LogP contribution is 2.17. The number of carbonyl (C=O) groups is 1. The maximum Gasteiger partial charge on any atom is 0.270 e. The molecule has 132 valence electrons. The average molecular weight is 349 g/mol. The lowest BCUT2D eigenvalue weighted by Gasteiger charge is -2.35. The van der Waals surface area contributed by atoms with Crippen molar-refractivity contribution < 1.29 is 4.79 Å². The molecular weight excluding hydrogens is 330 g/mol. The predicted molar refractivity (Wildman–Crippen MR) is 99.3 cm³/mol. The Labute approximate surface area is 150 Å². The molecule has 0 aliphatic carbocycles. The minimum Gasteiger partial charge on any atom is -0.352 e. The smallest absolute Gasteiger partial charge is 0.270 e. The van der Waals surface area contributed by atoms with Gasteiger partial charge in [0.15, 0.2) is 0 Å². The first-order chi connectivity index (χ1) is 12.6. The molecule has 7 nitrogen and oxygen atoms in total. The third-order valence-electron chi connectivity index (χ3n) is 4.73. The SMILES string of the molecule is Cn1c(C(=O)N2CCN(c3cnc4ccccc4n3)CC2)cccc1=O. The molecule has 0 atom stereocenters. The topological polar surface area (TPSA) is 71.3 Å². The van der Waals surface area contributed by atoms with Gasteiger partial charge in [0.1, 0.15) is 11.5 Å². The lowest BCUT2D eigenvalue weighted by Crippen LogP contribution is -2.49. The zero-order valence-electron chi connectivity index (χ0n) is 14.5. The molecule has 3 heterocycles. The van der Waals surface area contributed by atoms with E-state index < -0.39 is 0 Å². The van der Waals surface area contributed by atoms with Crippen LogP contribution in [0.2, 0.25) is 0 Å². The maximum atomic E-state index is 12.7. The van der Waals surface area contributed by atoms with E-state index in [4.69, 9.17) is 0 Å². The quantitative estimate of drug-likeness (QED) is 0.697.